The molecule has 0 spiro atoms. The first kappa shape index (κ1) is 24.7. The van der Waals surface area contributed by atoms with E-state index >= 15 is 0 Å². The molecule has 0 saturated heterocycles. The van der Waals surface area contributed by atoms with Crippen LogP contribution in [0.3, 0.4) is 0 Å². The second-order valence-electron chi connectivity index (χ2n) is 9.38. The molecule has 2 heterocycles. The van der Waals surface area contributed by atoms with Gasteiger partial charge in [0.1, 0.15) is 0 Å². The van der Waals surface area contributed by atoms with Crippen molar-refractivity contribution in [3.63, 3.8) is 0 Å². The molecule has 6 rings (SSSR count). The van der Waals surface area contributed by atoms with Gasteiger partial charge >= 0.3 is 0 Å². The summed E-state index contributed by atoms with van der Waals surface area (Å²) in [4.78, 5) is 4.46. The molecule has 0 radical (unpaired) electrons. The highest BCUT2D eigenvalue weighted by Gasteiger charge is 2.30. The zero-order valence-electron chi connectivity index (χ0n) is 20.5. The van der Waals surface area contributed by atoms with E-state index in [0.717, 1.165) is 51.2 Å². The molecule has 1 unspecified atom stereocenters. The van der Waals surface area contributed by atoms with Gasteiger partial charge in [-0.3, -0.25) is 9.99 Å². The molecule has 1 aliphatic heterocycles. The van der Waals surface area contributed by atoms with Gasteiger partial charge in [-0.25, -0.2) is 0 Å². The Kier molecular flexibility index (Phi) is 6.71. The number of anilines is 3. The Labute approximate surface area is 236 Å². The first-order valence-electron chi connectivity index (χ1n) is 12.2. The van der Waals surface area contributed by atoms with E-state index in [1.165, 1.54) is 5.56 Å². The van der Waals surface area contributed by atoms with Crippen LogP contribution in [0.2, 0.25) is 15.1 Å². The van der Waals surface area contributed by atoms with Gasteiger partial charge in [-0.1, -0.05) is 76.8 Å². The summed E-state index contributed by atoms with van der Waals surface area (Å²) < 4.78 is 0. The van der Waals surface area contributed by atoms with Crippen LogP contribution in [0.5, 0.6) is 0 Å². The lowest BCUT2D eigenvalue weighted by Crippen LogP contribution is -2.18. The maximum absolute atomic E-state index is 6.38. The Morgan fingerprint density at radius 2 is 1.61 bits per heavy atom. The molecule has 5 aromatic rings. The van der Waals surface area contributed by atoms with Crippen molar-refractivity contribution in [1.82, 2.24) is 4.98 Å². The molecule has 0 aliphatic carbocycles. The number of hydrogen-bond acceptors (Lipinski definition) is 4. The smallest absolute Gasteiger partial charge is 0.0832 e. The van der Waals surface area contributed by atoms with Crippen LogP contribution in [0.25, 0.3) is 10.9 Å². The summed E-state index contributed by atoms with van der Waals surface area (Å²) in [6, 6.07) is 30.1. The molecule has 1 atom stereocenters. The monoisotopic (exact) mass is 556 g/mol. The van der Waals surface area contributed by atoms with E-state index in [2.05, 4.69) is 65.8 Å². The zero-order valence-corrected chi connectivity index (χ0v) is 22.8. The summed E-state index contributed by atoms with van der Waals surface area (Å²) in [5.74, 6) is 0. The van der Waals surface area contributed by atoms with E-state index in [-0.39, 0.29) is 6.04 Å². The van der Waals surface area contributed by atoms with E-state index in [1.807, 2.05) is 41.4 Å². The lowest BCUT2D eigenvalue weighted by atomic mass is 9.97. The first-order valence-corrected chi connectivity index (χ1v) is 13.4. The first-order chi connectivity index (χ1) is 18.4. The molecule has 0 fully saturated rings. The van der Waals surface area contributed by atoms with E-state index in [1.54, 1.807) is 12.3 Å². The SMILES string of the molecule is Cc1ccc(C2=NN(c3cc(Cl)cc(Cl)c3)C(c3cccc(Nc4ccnc5cc(Cl)ccc45)c3)C2)cc1. The predicted octanol–water partition coefficient (Wildman–Crippen LogP) is 9.60. The average Bonchev–Trinajstić information content (AvgIpc) is 3.34. The van der Waals surface area contributed by atoms with Gasteiger partial charge in [0, 0.05) is 44.4 Å². The van der Waals surface area contributed by atoms with Crippen molar-refractivity contribution in [2.75, 3.05) is 10.3 Å². The van der Waals surface area contributed by atoms with Gasteiger partial charge in [0.2, 0.25) is 0 Å². The average molecular weight is 558 g/mol. The second kappa shape index (κ2) is 10.3. The predicted molar refractivity (Wildman–Crippen MR) is 160 cm³/mol. The number of hydrogen-bond donors (Lipinski definition) is 1. The van der Waals surface area contributed by atoms with Crippen LogP contribution in [0.1, 0.15) is 29.2 Å². The van der Waals surface area contributed by atoms with Crippen LogP contribution in [-0.2, 0) is 0 Å². The molecule has 0 amide bonds. The third-order valence-corrected chi connectivity index (χ3v) is 7.33. The van der Waals surface area contributed by atoms with Gasteiger partial charge < -0.3 is 5.32 Å². The minimum Gasteiger partial charge on any atom is -0.355 e. The summed E-state index contributed by atoms with van der Waals surface area (Å²) >= 11 is 18.9. The van der Waals surface area contributed by atoms with Crippen molar-refractivity contribution in [1.29, 1.82) is 0 Å². The molecule has 4 nitrogen and oxygen atoms in total. The van der Waals surface area contributed by atoms with Gasteiger partial charge in [0.25, 0.3) is 0 Å². The molecule has 4 aromatic carbocycles. The summed E-state index contributed by atoms with van der Waals surface area (Å²) in [7, 11) is 0. The van der Waals surface area contributed by atoms with E-state index in [4.69, 9.17) is 39.9 Å². The second-order valence-corrected chi connectivity index (χ2v) is 10.7. The number of pyridine rings is 1. The molecule has 0 bridgehead atoms. The molecule has 1 aromatic heterocycles. The molecule has 7 heteroatoms. The number of aryl methyl sites for hydroxylation is 1. The van der Waals surface area contributed by atoms with Gasteiger partial charge in [0.05, 0.1) is 23.0 Å². The molecule has 1 N–H and O–H groups in total. The summed E-state index contributed by atoms with van der Waals surface area (Å²) in [6.07, 6.45) is 2.53. The van der Waals surface area contributed by atoms with Crippen LogP contribution in [0.4, 0.5) is 17.1 Å². The number of fused-ring (bicyclic) bond motifs is 1. The van der Waals surface area contributed by atoms with Crippen molar-refractivity contribution in [2.45, 2.75) is 19.4 Å². The maximum Gasteiger partial charge on any atom is 0.0832 e. The lowest BCUT2D eigenvalue weighted by Gasteiger charge is -2.25. The Morgan fingerprint density at radius 3 is 2.39 bits per heavy atom. The van der Waals surface area contributed by atoms with Crippen LogP contribution in [-0.4, -0.2) is 10.7 Å². The van der Waals surface area contributed by atoms with Gasteiger partial charge in [-0.15, -0.1) is 0 Å². The fourth-order valence-corrected chi connectivity index (χ4v) is 5.49. The fourth-order valence-electron chi connectivity index (χ4n) is 4.81. The van der Waals surface area contributed by atoms with Crippen molar-refractivity contribution in [3.8, 4) is 0 Å². The van der Waals surface area contributed by atoms with Crippen LogP contribution < -0.4 is 10.3 Å². The van der Waals surface area contributed by atoms with Crippen LogP contribution >= 0.6 is 34.8 Å². The Hall–Kier alpha value is -3.57. The third kappa shape index (κ3) is 5.08. The highest BCUT2D eigenvalue weighted by molar-refractivity contribution is 6.35. The van der Waals surface area contributed by atoms with Gasteiger partial charge in [-0.2, -0.15) is 5.10 Å². The van der Waals surface area contributed by atoms with Gasteiger partial charge in [-0.05, 0) is 72.6 Å². The molecule has 1 aliphatic rings. The quantitative estimate of drug-likeness (QED) is 0.234. The lowest BCUT2D eigenvalue weighted by molar-refractivity contribution is 0.709. The normalized spacial score (nSPS) is 15.1. The Morgan fingerprint density at radius 1 is 0.816 bits per heavy atom. The third-order valence-electron chi connectivity index (χ3n) is 6.66. The minimum absolute atomic E-state index is 0.0319. The molecule has 0 saturated carbocycles. The number of hydrazone groups is 1. The molecule has 188 valence electrons. The number of aromatic nitrogens is 1. The van der Waals surface area contributed by atoms with Crippen LogP contribution in [0, 0.1) is 6.92 Å². The van der Waals surface area contributed by atoms with Crippen LogP contribution in [0.15, 0.2) is 102 Å². The van der Waals surface area contributed by atoms with Crippen molar-refractivity contribution < 1.29 is 0 Å². The largest absolute Gasteiger partial charge is 0.355 e. The van der Waals surface area contributed by atoms with E-state index < -0.39 is 0 Å². The highest BCUT2D eigenvalue weighted by atomic mass is 35.5. The van der Waals surface area contributed by atoms with Crippen molar-refractivity contribution in [3.05, 3.63) is 129 Å². The van der Waals surface area contributed by atoms with E-state index in [0.29, 0.717) is 15.1 Å². The highest BCUT2D eigenvalue weighted by Crippen LogP contribution is 2.40. The van der Waals surface area contributed by atoms with E-state index in [9.17, 15) is 0 Å². The fraction of sp³-hybridized carbons (Fsp3) is 0.0968. The molecular formula is C31H23Cl3N4. The van der Waals surface area contributed by atoms with Crippen molar-refractivity contribution >= 4 is 68.5 Å². The summed E-state index contributed by atoms with van der Waals surface area (Å²) in [6.45, 7) is 2.09. The minimum atomic E-state index is -0.0319. The van der Waals surface area contributed by atoms with Gasteiger partial charge in [0.15, 0.2) is 0 Å². The zero-order chi connectivity index (χ0) is 26.2. The maximum atomic E-state index is 6.38. The van der Waals surface area contributed by atoms with Crippen molar-refractivity contribution in [2.24, 2.45) is 5.10 Å². The standard InChI is InChI=1S/C31H23Cl3N4/c1-19-5-7-20(8-6-19)29-18-31(38(37-29)26-15-23(33)14-24(34)16-26)21-3-2-4-25(13-21)36-28-11-12-35-30-17-22(32)9-10-27(28)30/h2-17,31H,18H2,1H3,(H,35,36). The number of rotatable bonds is 5. The summed E-state index contributed by atoms with van der Waals surface area (Å²) in [5.41, 5.74) is 8.09. The number of halogens is 3. The topological polar surface area (TPSA) is 40.5 Å². The number of nitrogens with zero attached hydrogens (tertiary/aromatic N) is 3. The Bertz CT molecular complexity index is 1660. The summed E-state index contributed by atoms with van der Waals surface area (Å²) in [5, 5.41) is 13.5. The number of benzene rings is 4. The molecule has 38 heavy (non-hydrogen) atoms. The number of nitrogens with one attached hydrogen (secondary N) is 1. The molecular weight excluding hydrogens is 535 g/mol. The Balaban J connectivity index is 1.37.